The van der Waals surface area contributed by atoms with Crippen LogP contribution in [-0.2, 0) is 4.79 Å². The number of carbonyl (C=O) groups is 1. The molecule has 1 aliphatic rings. The lowest BCUT2D eigenvalue weighted by Gasteiger charge is -2.46. The van der Waals surface area contributed by atoms with Gasteiger partial charge in [0.25, 0.3) is 0 Å². The van der Waals surface area contributed by atoms with E-state index in [9.17, 15) is 9.90 Å². The normalized spacial score (nSPS) is 19.0. The Hall–Kier alpha value is -1.01. The number of aliphatic hydroxyl groups is 1. The van der Waals surface area contributed by atoms with E-state index in [0.717, 1.165) is 0 Å². The second-order valence-electron chi connectivity index (χ2n) is 3.53. The van der Waals surface area contributed by atoms with Gasteiger partial charge in [0.1, 0.15) is 0 Å². The maximum Gasteiger partial charge on any atom is 0.223 e. The molecule has 1 saturated heterocycles. The summed E-state index contributed by atoms with van der Waals surface area (Å²) in [6.07, 6.45) is 6.63. The van der Waals surface area contributed by atoms with Gasteiger partial charge in [0.05, 0.1) is 18.7 Å². The minimum Gasteiger partial charge on any atom is -0.386 e. The summed E-state index contributed by atoms with van der Waals surface area (Å²) < 4.78 is 0. The molecule has 1 N–H and O–H groups in total. The van der Waals surface area contributed by atoms with Crippen LogP contribution < -0.4 is 0 Å². The van der Waals surface area contributed by atoms with E-state index < -0.39 is 5.60 Å². The van der Waals surface area contributed by atoms with Crippen molar-refractivity contribution < 1.29 is 9.90 Å². The van der Waals surface area contributed by atoms with E-state index >= 15 is 0 Å². The molecule has 0 unspecified atom stereocenters. The van der Waals surface area contributed by atoms with E-state index in [1.165, 1.54) is 0 Å². The van der Waals surface area contributed by atoms with Gasteiger partial charge in [-0.25, -0.2) is 0 Å². The fourth-order valence-corrected chi connectivity index (χ4v) is 1.40. The molecule has 0 atom stereocenters. The molecule has 1 aliphatic heterocycles. The Labute approximate surface area is 78.7 Å². The van der Waals surface area contributed by atoms with Gasteiger partial charge in [0.2, 0.25) is 5.91 Å². The summed E-state index contributed by atoms with van der Waals surface area (Å²) in [5.41, 5.74) is -0.633. The van der Waals surface area contributed by atoms with Crippen molar-refractivity contribution in [3.63, 3.8) is 0 Å². The van der Waals surface area contributed by atoms with Gasteiger partial charge >= 0.3 is 0 Å². The number of hydrogen-bond acceptors (Lipinski definition) is 2. The highest BCUT2D eigenvalue weighted by Gasteiger charge is 2.41. The largest absolute Gasteiger partial charge is 0.386 e. The summed E-state index contributed by atoms with van der Waals surface area (Å²) >= 11 is 0. The number of nitrogens with zero attached hydrogens (tertiary/aromatic N) is 1. The van der Waals surface area contributed by atoms with E-state index in [0.29, 0.717) is 32.4 Å². The lowest BCUT2D eigenvalue weighted by Crippen LogP contribution is -2.63. The number of amides is 1. The Morgan fingerprint density at radius 3 is 2.77 bits per heavy atom. The van der Waals surface area contributed by atoms with Crippen molar-refractivity contribution in [3.8, 4) is 12.3 Å². The molecule has 1 heterocycles. The van der Waals surface area contributed by atoms with Crippen LogP contribution in [0.25, 0.3) is 0 Å². The Kier molecular flexibility index (Phi) is 2.94. The summed E-state index contributed by atoms with van der Waals surface area (Å²) in [5.74, 6) is 2.48. The van der Waals surface area contributed by atoms with Gasteiger partial charge in [-0.3, -0.25) is 4.79 Å². The first-order valence-corrected chi connectivity index (χ1v) is 4.55. The third-order valence-electron chi connectivity index (χ3n) is 2.46. The van der Waals surface area contributed by atoms with Crippen LogP contribution >= 0.6 is 0 Å². The summed E-state index contributed by atoms with van der Waals surface area (Å²) in [6, 6.07) is 0. The Morgan fingerprint density at radius 1 is 1.69 bits per heavy atom. The van der Waals surface area contributed by atoms with Crippen LogP contribution in [0, 0.1) is 12.3 Å². The molecule has 0 spiro atoms. The fourth-order valence-electron chi connectivity index (χ4n) is 1.40. The van der Waals surface area contributed by atoms with E-state index in [4.69, 9.17) is 6.42 Å². The van der Waals surface area contributed by atoms with Crippen molar-refractivity contribution in [3.05, 3.63) is 0 Å². The molecule has 3 nitrogen and oxygen atoms in total. The summed E-state index contributed by atoms with van der Waals surface area (Å²) in [7, 11) is 0. The van der Waals surface area contributed by atoms with Crippen molar-refractivity contribution in [2.24, 2.45) is 0 Å². The number of rotatable bonds is 3. The zero-order valence-electron chi connectivity index (χ0n) is 7.92. The van der Waals surface area contributed by atoms with Crippen molar-refractivity contribution in [1.29, 1.82) is 0 Å². The zero-order valence-corrected chi connectivity index (χ0v) is 7.92. The van der Waals surface area contributed by atoms with Crippen LogP contribution in [-0.4, -0.2) is 34.6 Å². The molecule has 1 rings (SSSR count). The monoisotopic (exact) mass is 181 g/mol. The first-order valence-electron chi connectivity index (χ1n) is 4.55. The van der Waals surface area contributed by atoms with Crippen LogP contribution in [0.1, 0.15) is 26.2 Å². The first kappa shape index (κ1) is 10.1. The molecule has 0 radical (unpaired) electrons. The van der Waals surface area contributed by atoms with E-state index in [2.05, 4.69) is 5.92 Å². The molecule has 3 heteroatoms. The predicted octanol–water partition coefficient (Wildman–Crippen LogP) is 0.383. The highest BCUT2D eigenvalue weighted by Crippen LogP contribution is 2.24. The van der Waals surface area contributed by atoms with E-state index in [1.54, 1.807) is 4.90 Å². The Bertz CT molecular complexity index is 236. The average molecular weight is 181 g/mol. The van der Waals surface area contributed by atoms with Crippen LogP contribution in [0.4, 0.5) is 0 Å². The van der Waals surface area contributed by atoms with Crippen LogP contribution in [0.5, 0.6) is 0 Å². The molecule has 0 saturated carbocycles. The Morgan fingerprint density at radius 2 is 2.31 bits per heavy atom. The minimum atomic E-state index is -0.633. The molecule has 0 bridgehead atoms. The number of terminal acetylenes is 1. The highest BCUT2D eigenvalue weighted by molar-refractivity contribution is 5.77. The number of likely N-dealkylation sites (tertiary alicyclic amines) is 1. The van der Waals surface area contributed by atoms with Crippen molar-refractivity contribution in [2.75, 3.05) is 13.1 Å². The van der Waals surface area contributed by atoms with Crippen molar-refractivity contribution in [1.82, 2.24) is 4.90 Å². The van der Waals surface area contributed by atoms with Gasteiger partial charge in [0.15, 0.2) is 0 Å². The fraction of sp³-hybridized carbons (Fsp3) is 0.700. The van der Waals surface area contributed by atoms with Gasteiger partial charge in [-0.05, 0) is 6.42 Å². The Balaban J connectivity index is 2.27. The average Bonchev–Trinajstić information content (AvgIpc) is 2.09. The van der Waals surface area contributed by atoms with E-state index in [1.807, 2.05) is 6.92 Å². The molecule has 0 aromatic heterocycles. The summed E-state index contributed by atoms with van der Waals surface area (Å²) in [5, 5.41) is 9.63. The SMILES string of the molecule is C#CCCC(=O)N1CC(O)(CC)C1. The lowest BCUT2D eigenvalue weighted by atomic mass is 9.91. The van der Waals surface area contributed by atoms with Gasteiger partial charge in [-0.2, -0.15) is 0 Å². The molecule has 72 valence electrons. The molecule has 13 heavy (non-hydrogen) atoms. The lowest BCUT2D eigenvalue weighted by molar-refractivity contribution is -0.155. The molecule has 1 fully saturated rings. The molecular weight excluding hydrogens is 166 g/mol. The quantitative estimate of drug-likeness (QED) is 0.639. The predicted molar refractivity (Wildman–Crippen MR) is 49.9 cm³/mol. The summed E-state index contributed by atoms with van der Waals surface area (Å²) in [6.45, 7) is 2.85. The van der Waals surface area contributed by atoms with Crippen molar-refractivity contribution >= 4 is 5.91 Å². The van der Waals surface area contributed by atoms with Gasteiger partial charge in [0, 0.05) is 12.8 Å². The first-order chi connectivity index (χ1) is 6.11. The maximum absolute atomic E-state index is 11.3. The van der Waals surface area contributed by atoms with Crippen LogP contribution in [0.3, 0.4) is 0 Å². The molecule has 1 amide bonds. The van der Waals surface area contributed by atoms with Crippen LogP contribution in [0.15, 0.2) is 0 Å². The third kappa shape index (κ3) is 2.22. The highest BCUT2D eigenvalue weighted by atomic mass is 16.3. The standard InChI is InChI=1S/C10H15NO2/c1-3-5-6-9(12)11-7-10(13,4-2)8-11/h1,13H,4-8H2,2H3. The molecule has 0 aliphatic carbocycles. The topological polar surface area (TPSA) is 40.5 Å². The minimum absolute atomic E-state index is 0.0519. The molecular formula is C10H15NO2. The molecule has 0 aromatic carbocycles. The number of carbonyl (C=O) groups excluding carboxylic acids is 1. The van der Waals surface area contributed by atoms with Crippen LogP contribution in [0.2, 0.25) is 0 Å². The van der Waals surface area contributed by atoms with Gasteiger partial charge in [-0.1, -0.05) is 6.92 Å². The maximum atomic E-state index is 11.3. The van der Waals surface area contributed by atoms with E-state index in [-0.39, 0.29) is 5.91 Å². The third-order valence-corrected chi connectivity index (χ3v) is 2.46. The zero-order chi connectivity index (χ0) is 9.90. The number of β-amino-alcohol motifs (C(OH)–C–C–N with tert-alkyl or cyclic N) is 1. The number of hydrogen-bond donors (Lipinski definition) is 1. The smallest absolute Gasteiger partial charge is 0.223 e. The molecule has 0 aromatic rings. The van der Waals surface area contributed by atoms with Crippen molar-refractivity contribution in [2.45, 2.75) is 31.8 Å². The second kappa shape index (κ2) is 3.80. The summed E-state index contributed by atoms with van der Waals surface area (Å²) in [4.78, 5) is 13.0. The second-order valence-corrected chi connectivity index (χ2v) is 3.53. The van der Waals surface area contributed by atoms with Gasteiger partial charge in [-0.15, -0.1) is 12.3 Å². The van der Waals surface area contributed by atoms with Gasteiger partial charge < -0.3 is 10.0 Å².